The first kappa shape index (κ1) is 11.8. The van der Waals surface area contributed by atoms with Gasteiger partial charge in [0.05, 0.1) is 18.1 Å². The van der Waals surface area contributed by atoms with Crippen molar-refractivity contribution in [3.63, 3.8) is 0 Å². The van der Waals surface area contributed by atoms with Crippen molar-refractivity contribution in [3.8, 4) is 0 Å². The van der Waals surface area contributed by atoms with Crippen molar-refractivity contribution in [2.45, 2.75) is 0 Å². The molecule has 0 aromatic heterocycles. The number of hydrogen-bond donors (Lipinski definition) is 1. The molecule has 0 radical (unpaired) electrons. The lowest BCUT2D eigenvalue weighted by atomic mass is 10.3. The van der Waals surface area contributed by atoms with Crippen LogP contribution in [0.15, 0.2) is 18.2 Å². The summed E-state index contributed by atoms with van der Waals surface area (Å²) in [6.07, 6.45) is 0. The molecule has 7 heteroatoms. The highest BCUT2D eigenvalue weighted by Gasteiger charge is 2.29. The Morgan fingerprint density at radius 1 is 1.35 bits per heavy atom. The number of imide groups is 1. The molecule has 4 nitrogen and oxygen atoms in total. The van der Waals surface area contributed by atoms with Gasteiger partial charge in [-0.3, -0.25) is 14.5 Å². The smallest absolute Gasteiger partial charge is 0.290 e. The van der Waals surface area contributed by atoms with Crippen molar-refractivity contribution in [1.82, 2.24) is 4.90 Å². The predicted octanol–water partition coefficient (Wildman–Crippen LogP) is 2.03. The average molecular weight is 258 g/mol. The summed E-state index contributed by atoms with van der Waals surface area (Å²) in [7, 11) is 0. The Morgan fingerprint density at radius 2 is 2.12 bits per heavy atom. The van der Waals surface area contributed by atoms with E-state index in [0.29, 0.717) is 0 Å². The van der Waals surface area contributed by atoms with Crippen LogP contribution in [0.5, 0.6) is 0 Å². The lowest BCUT2D eigenvalue weighted by Gasteiger charge is -2.14. The third-order valence-corrected chi connectivity index (χ3v) is 3.06. The Labute approximate surface area is 100.0 Å². The van der Waals surface area contributed by atoms with Crippen LogP contribution in [-0.2, 0) is 4.79 Å². The average Bonchev–Trinajstić information content (AvgIpc) is 2.58. The monoisotopic (exact) mass is 258 g/mol. The summed E-state index contributed by atoms with van der Waals surface area (Å²) in [5.74, 6) is -1.67. The molecule has 17 heavy (non-hydrogen) atoms. The SMILES string of the molecule is O=C1CSC(=O)N1CNc1ccc(F)cc1F. The van der Waals surface area contributed by atoms with Crippen LogP contribution in [0.25, 0.3) is 0 Å². The van der Waals surface area contributed by atoms with Gasteiger partial charge >= 0.3 is 0 Å². The largest absolute Gasteiger partial charge is 0.365 e. The molecule has 2 amide bonds. The van der Waals surface area contributed by atoms with E-state index in [1.165, 1.54) is 6.07 Å². The minimum absolute atomic E-state index is 0.0453. The molecule has 0 atom stereocenters. The van der Waals surface area contributed by atoms with Crippen LogP contribution in [0.1, 0.15) is 0 Å². The van der Waals surface area contributed by atoms with E-state index in [0.717, 1.165) is 28.8 Å². The van der Waals surface area contributed by atoms with Gasteiger partial charge < -0.3 is 5.32 Å². The maximum Gasteiger partial charge on any atom is 0.290 e. The van der Waals surface area contributed by atoms with Crippen molar-refractivity contribution < 1.29 is 18.4 Å². The molecule has 90 valence electrons. The Morgan fingerprint density at radius 3 is 2.71 bits per heavy atom. The molecule has 1 heterocycles. The van der Waals surface area contributed by atoms with Crippen LogP contribution in [0, 0.1) is 11.6 Å². The standard InChI is InChI=1S/C10H8F2N2O2S/c11-6-1-2-8(7(12)3-6)13-5-14-9(15)4-17-10(14)16/h1-3,13H,4-5H2. The van der Waals surface area contributed by atoms with E-state index in [-0.39, 0.29) is 29.3 Å². The topological polar surface area (TPSA) is 49.4 Å². The molecule has 1 fully saturated rings. The van der Waals surface area contributed by atoms with Gasteiger partial charge in [0.25, 0.3) is 5.24 Å². The third-order valence-electron chi connectivity index (χ3n) is 2.20. The second-order valence-electron chi connectivity index (χ2n) is 3.34. The molecule has 0 saturated carbocycles. The minimum Gasteiger partial charge on any atom is -0.365 e. The van der Waals surface area contributed by atoms with Crippen LogP contribution >= 0.6 is 11.8 Å². The third kappa shape index (κ3) is 2.55. The zero-order valence-electron chi connectivity index (χ0n) is 8.57. The van der Waals surface area contributed by atoms with Gasteiger partial charge in [0.2, 0.25) is 5.91 Å². The van der Waals surface area contributed by atoms with Gasteiger partial charge in [0, 0.05) is 6.07 Å². The predicted molar refractivity (Wildman–Crippen MR) is 59.5 cm³/mol. The Kier molecular flexibility index (Phi) is 3.28. The van der Waals surface area contributed by atoms with Gasteiger partial charge in [-0.05, 0) is 12.1 Å². The number of rotatable bonds is 3. The number of benzene rings is 1. The molecule has 0 bridgehead atoms. The zero-order valence-corrected chi connectivity index (χ0v) is 9.39. The summed E-state index contributed by atoms with van der Waals surface area (Å²) in [6, 6.07) is 3.03. The van der Waals surface area contributed by atoms with Crippen LogP contribution in [0.3, 0.4) is 0 Å². The van der Waals surface area contributed by atoms with Gasteiger partial charge in [0.15, 0.2) is 0 Å². The fraction of sp³-hybridized carbons (Fsp3) is 0.200. The number of carbonyl (C=O) groups excluding carboxylic acids is 2. The van der Waals surface area contributed by atoms with Crippen molar-refractivity contribution in [3.05, 3.63) is 29.8 Å². The highest BCUT2D eigenvalue weighted by molar-refractivity contribution is 8.14. The van der Waals surface area contributed by atoms with Gasteiger partial charge in [-0.25, -0.2) is 8.78 Å². The zero-order chi connectivity index (χ0) is 12.4. The van der Waals surface area contributed by atoms with Gasteiger partial charge in [-0.15, -0.1) is 0 Å². The second kappa shape index (κ2) is 4.70. The molecule has 1 aliphatic heterocycles. The summed E-state index contributed by atoms with van der Waals surface area (Å²) >= 11 is 0.899. The summed E-state index contributed by atoms with van der Waals surface area (Å²) in [4.78, 5) is 23.4. The van der Waals surface area contributed by atoms with Crippen LogP contribution in [0.2, 0.25) is 0 Å². The van der Waals surface area contributed by atoms with E-state index in [2.05, 4.69) is 5.32 Å². The molecule has 1 N–H and O–H groups in total. The van der Waals surface area contributed by atoms with Gasteiger partial charge in [0.1, 0.15) is 11.6 Å². The number of nitrogens with one attached hydrogen (secondary N) is 1. The summed E-state index contributed by atoms with van der Waals surface area (Å²) in [5, 5.41) is 2.20. The van der Waals surface area contributed by atoms with Crippen LogP contribution in [-0.4, -0.2) is 28.5 Å². The van der Waals surface area contributed by atoms with E-state index in [1.54, 1.807) is 0 Å². The highest BCUT2D eigenvalue weighted by atomic mass is 32.2. The Bertz CT molecular complexity index is 465. The lowest BCUT2D eigenvalue weighted by Crippen LogP contribution is -2.33. The molecule has 0 spiro atoms. The first-order valence-electron chi connectivity index (χ1n) is 4.74. The quantitative estimate of drug-likeness (QED) is 0.901. The second-order valence-corrected chi connectivity index (χ2v) is 4.26. The number of nitrogens with zero attached hydrogens (tertiary/aromatic N) is 1. The fourth-order valence-corrected chi connectivity index (χ4v) is 2.06. The van der Waals surface area contributed by atoms with Gasteiger partial charge in [-0.1, -0.05) is 11.8 Å². The molecule has 2 rings (SSSR count). The van der Waals surface area contributed by atoms with Crippen molar-refractivity contribution in [1.29, 1.82) is 0 Å². The first-order valence-corrected chi connectivity index (χ1v) is 5.72. The van der Waals surface area contributed by atoms with Crippen molar-refractivity contribution in [2.75, 3.05) is 17.7 Å². The minimum atomic E-state index is -0.767. The normalized spacial score (nSPS) is 15.5. The summed E-state index contributed by atoms with van der Waals surface area (Å²) in [6.45, 7) is -0.118. The number of halogens is 2. The van der Waals surface area contributed by atoms with Gasteiger partial charge in [-0.2, -0.15) is 0 Å². The summed E-state index contributed by atoms with van der Waals surface area (Å²) in [5.41, 5.74) is 0.0453. The van der Waals surface area contributed by atoms with Crippen LogP contribution < -0.4 is 5.32 Å². The van der Waals surface area contributed by atoms with Crippen molar-refractivity contribution >= 4 is 28.6 Å². The molecular weight excluding hydrogens is 250 g/mol. The molecular formula is C10H8F2N2O2S. The molecule has 1 saturated heterocycles. The number of amides is 2. The molecule has 1 aliphatic rings. The maximum absolute atomic E-state index is 13.2. The highest BCUT2D eigenvalue weighted by Crippen LogP contribution is 2.20. The molecule has 1 aromatic rings. The number of carbonyl (C=O) groups is 2. The Balaban J connectivity index is 2.02. The molecule has 0 aliphatic carbocycles. The Hall–Kier alpha value is -1.63. The number of hydrogen-bond acceptors (Lipinski definition) is 4. The fourth-order valence-electron chi connectivity index (χ4n) is 1.33. The van der Waals surface area contributed by atoms with E-state index in [9.17, 15) is 18.4 Å². The van der Waals surface area contributed by atoms with E-state index >= 15 is 0 Å². The molecule has 1 aromatic carbocycles. The van der Waals surface area contributed by atoms with E-state index in [4.69, 9.17) is 0 Å². The number of anilines is 1. The first-order chi connectivity index (χ1) is 8.08. The number of thioether (sulfide) groups is 1. The van der Waals surface area contributed by atoms with E-state index < -0.39 is 11.6 Å². The summed E-state index contributed by atoms with van der Waals surface area (Å²) < 4.78 is 25.8. The maximum atomic E-state index is 13.2. The lowest BCUT2D eigenvalue weighted by molar-refractivity contribution is -0.124. The molecule has 0 unspecified atom stereocenters. The van der Waals surface area contributed by atoms with Crippen LogP contribution in [0.4, 0.5) is 19.3 Å². The van der Waals surface area contributed by atoms with Crippen molar-refractivity contribution in [2.24, 2.45) is 0 Å². The van der Waals surface area contributed by atoms with E-state index in [1.807, 2.05) is 0 Å².